The molecule has 1 amide bonds. The number of carbonyl (C=O) groups is 1. The van der Waals surface area contributed by atoms with Crippen LogP contribution in [0.1, 0.15) is 5.56 Å². The summed E-state index contributed by atoms with van der Waals surface area (Å²) in [5.41, 5.74) is 2.74. The molecule has 0 heterocycles. The Balaban J connectivity index is 2.02. The Hall–Kier alpha value is -1.42. The van der Waals surface area contributed by atoms with Gasteiger partial charge in [0.1, 0.15) is 11.5 Å². The molecule has 0 radical (unpaired) electrons. The van der Waals surface area contributed by atoms with Gasteiger partial charge in [0.15, 0.2) is 9.84 Å². The number of aromatic hydroxyl groups is 1. The van der Waals surface area contributed by atoms with E-state index < -0.39 is 21.5 Å². The fourth-order valence-electron chi connectivity index (χ4n) is 1.77. The maximum atomic E-state index is 12.1. The monoisotopic (exact) mass is 508 g/mol. The quantitative estimate of drug-likeness (QED) is 0.476. The molecule has 0 saturated heterocycles. The largest absolute Gasteiger partial charge is 0.506 e. The summed E-state index contributed by atoms with van der Waals surface area (Å²) in [6.45, 7) is 0. The zero-order valence-corrected chi connectivity index (χ0v) is 17.2. The molecule has 0 unspecified atom stereocenters. The lowest BCUT2D eigenvalue weighted by Gasteiger charge is -2.04. The molecule has 0 fully saturated rings. The molecule has 2 aromatic carbocycles. The van der Waals surface area contributed by atoms with Gasteiger partial charge in [-0.2, -0.15) is 5.10 Å². The van der Waals surface area contributed by atoms with E-state index in [2.05, 4.69) is 42.4 Å². The number of amides is 1. The van der Waals surface area contributed by atoms with Crippen LogP contribution < -0.4 is 5.43 Å². The Kier molecular flexibility index (Phi) is 6.61. The van der Waals surface area contributed by atoms with Crippen molar-refractivity contribution in [3.8, 4) is 5.75 Å². The van der Waals surface area contributed by atoms with Crippen LogP contribution in [0.15, 0.2) is 55.3 Å². The fourth-order valence-corrected chi connectivity index (χ4v) is 4.24. The molecule has 6 nitrogen and oxygen atoms in total. The summed E-state index contributed by atoms with van der Waals surface area (Å²) < 4.78 is 25.1. The maximum Gasteiger partial charge on any atom is 0.255 e. The first-order valence-corrected chi connectivity index (χ1v) is 10.3. The number of phenolic OH excluding ortho intramolecular Hbond substituents is 1. The van der Waals surface area contributed by atoms with E-state index in [9.17, 15) is 18.3 Å². The molecule has 0 bridgehead atoms. The Morgan fingerprint density at radius 3 is 2.32 bits per heavy atom. The van der Waals surface area contributed by atoms with Gasteiger partial charge in [0, 0.05) is 5.02 Å². The zero-order chi connectivity index (χ0) is 18.6. The number of carbonyl (C=O) groups excluding carboxylic acids is 1. The van der Waals surface area contributed by atoms with E-state index in [0.717, 1.165) is 0 Å². The number of halogens is 3. The molecular formula is C15H11Br2ClN2O4S. The first-order chi connectivity index (χ1) is 11.7. The van der Waals surface area contributed by atoms with Crippen molar-refractivity contribution >= 4 is 65.4 Å². The van der Waals surface area contributed by atoms with Crippen LogP contribution in [0.4, 0.5) is 0 Å². The minimum absolute atomic E-state index is 0.00225. The SMILES string of the molecule is O=C(CS(=O)(=O)c1ccc(Cl)cc1)NN=Cc1cc(Br)c(O)c(Br)c1. The van der Waals surface area contributed by atoms with Crippen LogP contribution in [0.5, 0.6) is 5.75 Å². The van der Waals surface area contributed by atoms with Gasteiger partial charge < -0.3 is 5.11 Å². The molecule has 132 valence electrons. The summed E-state index contributed by atoms with van der Waals surface area (Å²) in [4.78, 5) is 11.8. The number of hydrazone groups is 1. The number of nitrogens with one attached hydrogen (secondary N) is 1. The van der Waals surface area contributed by atoms with Crippen molar-refractivity contribution in [3.05, 3.63) is 55.9 Å². The number of hydrogen-bond acceptors (Lipinski definition) is 5. The van der Waals surface area contributed by atoms with Gasteiger partial charge >= 0.3 is 0 Å². The first-order valence-electron chi connectivity index (χ1n) is 6.67. The molecule has 0 spiro atoms. The predicted octanol–water partition coefficient (Wildman–Crippen LogP) is 3.49. The number of sulfone groups is 1. The predicted molar refractivity (Wildman–Crippen MR) is 103 cm³/mol. The number of phenols is 1. The first kappa shape index (κ1) is 19.9. The Bertz CT molecular complexity index is 908. The third-order valence-electron chi connectivity index (χ3n) is 2.94. The molecule has 0 aliphatic carbocycles. The minimum Gasteiger partial charge on any atom is -0.506 e. The van der Waals surface area contributed by atoms with Crippen molar-refractivity contribution in [2.24, 2.45) is 5.10 Å². The van der Waals surface area contributed by atoms with Crippen LogP contribution in [0, 0.1) is 0 Å². The second-order valence-electron chi connectivity index (χ2n) is 4.84. The molecule has 0 saturated carbocycles. The average molecular weight is 511 g/mol. The molecule has 2 N–H and O–H groups in total. The van der Waals surface area contributed by atoms with Crippen LogP contribution in [-0.2, 0) is 14.6 Å². The smallest absolute Gasteiger partial charge is 0.255 e. The third-order valence-corrected chi connectivity index (χ3v) is 6.03. The van der Waals surface area contributed by atoms with E-state index in [-0.39, 0.29) is 10.6 Å². The van der Waals surface area contributed by atoms with Crippen molar-refractivity contribution in [3.63, 3.8) is 0 Å². The summed E-state index contributed by atoms with van der Waals surface area (Å²) in [5, 5.41) is 13.7. The molecule has 10 heteroatoms. The van der Waals surface area contributed by atoms with E-state index >= 15 is 0 Å². The fraction of sp³-hybridized carbons (Fsp3) is 0.0667. The van der Waals surface area contributed by atoms with Crippen molar-refractivity contribution in [2.75, 3.05) is 5.75 Å². The van der Waals surface area contributed by atoms with E-state index in [0.29, 0.717) is 19.5 Å². The molecule has 0 aromatic heterocycles. The lowest BCUT2D eigenvalue weighted by atomic mass is 10.2. The van der Waals surface area contributed by atoms with Crippen LogP contribution in [0.25, 0.3) is 0 Å². The van der Waals surface area contributed by atoms with Gasteiger partial charge in [0.2, 0.25) is 0 Å². The number of nitrogens with zero attached hydrogens (tertiary/aromatic N) is 1. The maximum absolute atomic E-state index is 12.1. The molecule has 0 aliphatic rings. The van der Waals surface area contributed by atoms with E-state index in [1.165, 1.54) is 30.5 Å². The average Bonchev–Trinajstić information content (AvgIpc) is 2.52. The highest BCUT2D eigenvalue weighted by Crippen LogP contribution is 2.32. The highest BCUT2D eigenvalue weighted by atomic mass is 79.9. The van der Waals surface area contributed by atoms with Gasteiger partial charge in [-0.05, 0) is 73.8 Å². The van der Waals surface area contributed by atoms with Gasteiger partial charge in [-0.25, -0.2) is 13.8 Å². The van der Waals surface area contributed by atoms with Crippen molar-refractivity contribution in [1.82, 2.24) is 5.43 Å². The van der Waals surface area contributed by atoms with Crippen LogP contribution >= 0.6 is 43.5 Å². The van der Waals surface area contributed by atoms with Gasteiger partial charge in [-0.1, -0.05) is 11.6 Å². The highest BCUT2D eigenvalue weighted by Gasteiger charge is 2.19. The van der Waals surface area contributed by atoms with Gasteiger partial charge in [-0.15, -0.1) is 0 Å². The standard InChI is InChI=1S/C15H11Br2ClN2O4S/c16-12-5-9(6-13(17)15(12)22)7-19-20-14(21)8-25(23,24)11-3-1-10(18)2-4-11/h1-7,22H,8H2,(H,20,21). The molecule has 0 atom stereocenters. The second kappa shape index (κ2) is 8.31. The summed E-state index contributed by atoms with van der Waals surface area (Å²) in [5.74, 6) is -1.48. The minimum atomic E-state index is -3.78. The third kappa shape index (κ3) is 5.53. The van der Waals surface area contributed by atoms with Crippen molar-refractivity contribution in [2.45, 2.75) is 4.90 Å². The van der Waals surface area contributed by atoms with Crippen LogP contribution in [0.2, 0.25) is 5.02 Å². The molecule has 0 aliphatic heterocycles. The molecule has 2 aromatic rings. The summed E-state index contributed by atoms with van der Waals surface area (Å²) in [6.07, 6.45) is 1.32. The lowest BCUT2D eigenvalue weighted by Crippen LogP contribution is -2.26. The van der Waals surface area contributed by atoms with Crippen LogP contribution in [-0.4, -0.2) is 31.4 Å². The normalized spacial score (nSPS) is 11.6. The Morgan fingerprint density at radius 1 is 1.20 bits per heavy atom. The molecular weight excluding hydrogens is 500 g/mol. The van der Waals surface area contributed by atoms with Crippen molar-refractivity contribution < 1.29 is 18.3 Å². The van der Waals surface area contributed by atoms with E-state index in [4.69, 9.17) is 11.6 Å². The van der Waals surface area contributed by atoms with E-state index in [1.807, 2.05) is 0 Å². The summed E-state index contributed by atoms with van der Waals surface area (Å²) in [6, 6.07) is 8.70. The second-order valence-corrected chi connectivity index (χ2v) is 8.97. The summed E-state index contributed by atoms with van der Waals surface area (Å²) in [7, 11) is -3.78. The molecule has 25 heavy (non-hydrogen) atoms. The highest BCUT2D eigenvalue weighted by molar-refractivity contribution is 9.11. The number of benzene rings is 2. The Labute approximate surface area is 166 Å². The van der Waals surface area contributed by atoms with Gasteiger partial charge in [0.25, 0.3) is 5.91 Å². The molecule has 2 rings (SSSR count). The zero-order valence-electron chi connectivity index (χ0n) is 12.4. The Morgan fingerprint density at radius 2 is 1.76 bits per heavy atom. The van der Waals surface area contributed by atoms with Gasteiger partial charge in [0.05, 0.1) is 20.1 Å². The lowest BCUT2D eigenvalue weighted by molar-refractivity contribution is -0.118. The van der Waals surface area contributed by atoms with Gasteiger partial charge in [-0.3, -0.25) is 4.79 Å². The summed E-state index contributed by atoms with van der Waals surface area (Å²) >= 11 is 12.1. The number of hydrogen-bond donors (Lipinski definition) is 2. The van der Waals surface area contributed by atoms with Crippen LogP contribution in [0.3, 0.4) is 0 Å². The number of rotatable bonds is 5. The van der Waals surface area contributed by atoms with E-state index in [1.54, 1.807) is 12.1 Å². The van der Waals surface area contributed by atoms with Crippen molar-refractivity contribution in [1.29, 1.82) is 0 Å². The topological polar surface area (TPSA) is 95.8 Å².